The van der Waals surface area contributed by atoms with Gasteiger partial charge in [0.2, 0.25) is 0 Å². The molecule has 0 saturated heterocycles. The topological polar surface area (TPSA) is 29.9 Å². The third kappa shape index (κ3) is 6.14. The van der Waals surface area contributed by atoms with Gasteiger partial charge in [-0.3, -0.25) is 0 Å². The Labute approximate surface area is 445 Å². The SMILES string of the molecule is CC(C)(C)c1ccc2sc3c(c2c1)N(c1ccccc1)c1cccc2c1B3c1cc3c4cc5c(cc4n(-c4ccccc4)c3cc1O2)Oc1cccc2c1B5c1sc3ccc(C(C)(C)C)cc3c1N2c1ccccc1. The van der Waals surface area contributed by atoms with Crippen molar-refractivity contribution in [1.82, 2.24) is 4.57 Å². The summed E-state index contributed by atoms with van der Waals surface area (Å²) in [5.41, 5.74) is 17.8. The summed E-state index contributed by atoms with van der Waals surface area (Å²) in [5.74, 6) is 3.58. The van der Waals surface area contributed by atoms with Crippen molar-refractivity contribution in [2.75, 3.05) is 9.80 Å². The van der Waals surface area contributed by atoms with Crippen LogP contribution in [0.5, 0.6) is 23.0 Å². The largest absolute Gasteiger partial charge is 0.458 e. The van der Waals surface area contributed by atoms with Crippen LogP contribution >= 0.6 is 22.7 Å². The molecule has 9 heteroatoms. The molecular weight excluding hydrogens is 953 g/mol. The summed E-state index contributed by atoms with van der Waals surface area (Å²) in [7, 11) is 0. The first-order valence-corrected chi connectivity index (χ1v) is 27.8. The standard InChI is InChI=1S/C66H49B2N3O2S2/c1-65(2,3)38-28-30-57-45(32-38)61-63(74-57)67-47-34-43-44-35-48-56(37-52(44)69(40-18-10-7-11-19-40)51(43)36-55(47)72-53-26-16-24-49(59(53)67)70(61)41-20-12-8-13-21-41)73-54-27-17-25-50-60(54)68(48)64-62(71(50)42-22-14-9-15-23-42)46-33-39(66(4,5)6)29-31-58(46)75-64/h7-37H,1-6H3. The molecule has 5 nitrogen and oxygen atoms in total. The molecule has 9 aromatic carbocycles. The number of aromatic nitrogens is 1. The number of ether oxygens (including phenoxy) is 2. The summed E-state index contributed by atoms with van der Waals surface area (Å²) < 4.78 is 22.1. The van der Waals surface area contributed by atoms with Gasteiger partial charge >= 0.3 is 0 Å². The van der Waals surface area contributed by atoms with Crippen LogP contribution in [0.2, 0.25) is 0 Å². The summed E-state index contributed by atoms with van der Waals surface area (Å²) in [4.78, 5) is 5.00. The Bertz CT molecular complexity index is 4150. The molecule has 3 aromatic heterocycles. The molecule has 75 heavy (non-hydrogen) atoms. The van der Waals surface area contributed by atoms with Crippen molar-refractivity contribution in [3.8, 4) is 28.7 Å². The van der Waals surface area contributed by atoms with E-state index in [0.29, 0.717) is 0 Å². The number of rotatable bonds is 3. The number of benzene rings is 9. The maximum absolute atomic E-state index is 7.23. The summed E-state index contributed by atoms with van der Waals surface area (Å²) in [6.07, 6.45) is 0. The second-order valence-electron chi connectivity index (χ2n) is 22.8. The molecule has 0 fully saturated rings. The first kappa shape index (κ1) is 43.4. The summed E-state index contributed by atoms with van der Waals surface area (Å²) >= 11 is 3.86. The second-order valence-corrected chi connectivity index (χ2v) is 25.0. The molecule has 358 valence electrons. The molecule has 0 unspecified atom stereocenters. The van der Waals surface area contributed by atoms with E-state index in [1.54, 1.807) is 0 Å². The molecule has 0 spiro atoms. The number of thiophene rings is 2. The van der Waals surface area contributed by atoms with Crippen LogP contribution in [0.15, 0.2) is 188 Å². The van der Waals surface area contributed by atoms with Crippen LogP contribution in [0.3, 0.4) is 0 Å². The van der Waals surface area contributed by atoms with Gasteiger partial charge in [0, 0.05) is 81.1 Å². The lowest BCUT2D eigenvalue weighted by molar-refractivity contribution is 0.488. The van der Waals surface area contributed by atoms with E-state index in [2.05, 4.69) is 244 Å². The summed E-state index contributed by atoms with van der Waals surface area (Å²) in [6, 6.07) is 69.7. The molecule has 0 bridgehead atoms. The van der Waals surface area contributed by atoms with Gasteiger partial charge in [-0.05, 0) is 129 Å². The lowest BCUT2D eigenvalue weighted by Crippen LogP contribution is -2.58. The molecule has 0 atom stereocenters. The first-order valence-electron chi connectivity index (χ1n) is 26.1. The van der Waals surface area contributed by atoms with Crippen LogP contribution in [0.25, 0.3) is 47.7 Å². The summed E-state index contributed by atoms with van der Waals surface area (Å²) in [6.45, 7) is 13.8. The highest BCUT2D eigenvalue weighted by molar-refractivity contribution is 7.34. The fraction of sp³-hybridized carbons (Fsp3) is 0.121. The number of hydrogen-bond acceptors (Lipinski definition) is 6. The van der Waals surface area contributed by atoms with Gasteiger partial charge in [-0.25, -0.2) is 0 Å². The molecule has 7 heterocycles. The maximum atomic E-state index is 7.23. The van der Waals surface area contributed by atoms with Crippen LogP contribution in [0, 0.1) is 0 Å². The van der Waals surface area contributed by atoms with E-state index in [9.17, 15) is 0 Å². The van der Waals surface area contributed by atoms with E-state index in [1.807, 2.05) is 22.7 Å². The van der Waals surface area contributed by atoms with Gasteiger partial charge in [0.15, 0.2) is 0 Å². The molecule has 0 aliphatic carbocycles. The van der Waals surface area contributed by atoms with Crippen molar-refractivity contribution in [3.63, 3.8) is 0 Å². The van der Waals surface area contributed by atoms with Crippen LogP contribution in [0.1, 0.15) is 52.7 Å². The van der Waals surface area contributed by atoms with E-state index in [-0.39, 0.29) is 24.3 Å². The van der Waals surface area contributed by atoms with Crippen LogP contribution < -0.4 is 50.7 Å². The average molecular weight is 1000 g/mol. The minimum atomic E-state index is -0.0540. The minimum Gasteiger partial charge on any atom is -0.458 e. The van der Waals surface area contributed by atoms with Gasteiger partial charge < -0.3 is 23.8 Å². The number of anilines is 6. The fourth-order valence-corrected chi connectivity index (χ4v) is 15.4. The average Bonchev–Trinajstić information content (AvgIpc) is 4.10. The fourth-order valence-electron chi connectivity index (χ4n) is 12.8. The van der Waals surface area contributed by atoms with E-state index in [0.717, 1.165) is 62.5 Å². The zero-order valence-corrected chi connectivity index (χ0v) is 44.2. The van der Waals surface area contributed by atoms with Crippen molar-refractivity contribution >= 4 is 144 Å². The molecule has 12 aromatic rings. The first-order chi connectivity index (χ1) is 36.5. The lowest BCUT2D eigenvalue weighted by Gasteiger charge is -2.38. The van der Waals surface area contributed by atoms with Gasteiger partial charge in [-0.1, -0.05) is 133 Å². The van der Waals surface area contributed by atoms with E-state index in [4.69, 9.17) is 9.47 Å². The van der Waals surface area contributed by atoms with Crippen molar-refractivity contribution in [2.24, 2.45) is 0 Å². The third-order valence-electron chi connectivity index (χ3n) is 16.4. The Morgan fingerprint density at radius 3 is 1.21 bits per heavy atom. The molecular formula is C66H49B2N3O2S2. The molecule has 4 aliphatic heterocycles. The lowest BCUT2D eigenvalue weighted by atomic mass is 9.36. The Hall–Kier alpha value is -7.97. The summed E-state index contributed by atoms with van der Waals surface area (Å²) in [5, 5.41) is 4.96. The Morgan fingerprint density at radius 1 is 0.387 bits per heavy atom. The molecule has 0 N–H and O–H groups in total. The zero-order valence-electron chi connectivity index (χ0n) is 42.5. The Morgan fingerprint density at radius 2 is 0.800 bits per heavy atom. The number of nitrogens with zero attached hydrogens (tertiary/aromatic N) is 3. The van der Waals surface area contributed by atoms with Crippen LogP contribution in [-0.2, 0) is 10.8 Å². The third-order valence-corrected chi connectivity index (χ3v) is 18.8. The van der Waals surface area contributed by atoms with Gasteiger partial charge in [0.25, 0.3) is 13.4 Å². The predicted molar refractivity (Wildman–Crippen MR) is 321 cm³/mol. The number of hydrogen-bond donors (Lipinski definition) is 0. The van der Waals surface area contributed by atoms with Crippen molar-refractivity contribution in [1.29, 1.82) is 0 Å². The highest BCUT2D eigenvalue weighted by Gasteiger charge is 2.47. The molecule has 0 radical (unpaired) electrons. The second kappa shape index (κ2) is 15.3. The highest BCUT2D eigenvalue weighted by atomic mass is 32.1. The van der Waals surface area contributed by atoms with Gasteiger partial charge in [-0.2, -0.15) is 0 Å². The van der Waals surface area contributed by atoms with Gasteiger partial charge in [0.05, 0.1) is 22.4 Å². The Kier molecular flexibility index (Phi) is 8.87. The van der Waals surface area contributed by atoms with Crippen LogP contribution in [-0.4, -0.2) is 18.0 Å². The van der Waals surface area contributed by atoms with Crippen molar-refractivity contribution in [3.05, 3.63) is 199 Å². The van der Waals surface area contributed by atoms with E-state index >= 15 is 0 Å². The molecule has 0 saturated carbocycles. The van der Waals surface area contributed by atoms with Crippen molar-refractivity contribution < 1.29 is 9.47 Å². The quantitative estimate of drug-likeness (QED) is 0.165. The molecule has 4 aliphatic rings. The highest BCUT2D eigenvalue weighted by Crippen LogP contribution is 2.50. The van der Waals surface area contributed by atoms with Gasteiger partial charge in [0.1, 0.15) is 23.0 Å². The van der Waals surface area contributed by atoms with Gasteiger partial charge in [-0.15, -0.1) is 22.7 Å². The Balaban J connectivity index is 0.970. The minimum absolute atomic E-state index is 0.00864. The van der Waals surface area contributed by atoms with E-state index < -0.39 is 0 Å². The smallest absolute Gasteiger partial charge is 0.268 e. The molecule has 16 rings (SSSR count). The van der Waals surface area contributed by atoms with E-state index in [1.165, 1.54) is 84.9 Å². The zero-order chi connectivity index (χ0) is 50.2. The monoisotopic (exact) mass is 1000 g/mol. The number of fused-ring (bicyclic) bond motifs is 15. The maximum Gasteiger partial charge on any atom is 0.268 e. The normalized spacial score (nSPS) is 14.1. The number of para-hydroxylation sites is 3. The molecule has 0 amide bonds. The predicted octanol–water partition coefficient (Wildman–Crippen LogP) is 14.6. The van der Waals surface area contributed by atoms with Crippen molar-refractivity contribution in [2.45, 2.75) is 52.4 Å². The van der Waals surface area contributed by atoms with Crippen LogP contribution in [0.4, 0.5) is 34.1 Å².